The Labute approximate surface area is 167 Å². The minimum absolute atomic E-state index is 0.100. The molecule has 1 aliphatic heterocycles. The molecule has 146 valence electrons. The molecule has 0 fully saturated rings. The van der Waals surface area contributed by atoms with Crippen LogP contribution >= 0.6 is 0 Å². The van der Waals surface area contributed by atoms with Gasteiger partial charge in [0.25, 0.3) is 0 Å². The van der Waals surface area contributed by atoms with E-state index in [2.05, 4.69) is 0 Å². The zero-order valence-corrected chi connectivity index (χ0v) is 16.0. The van der Waals surface area contributed by atoms with E-state index in [4.69, 9.17) is 15.6 Å². The van der Waals surface area contributed by atoms with Gasteiger partial charge in [0.1, 0.15) is 17.1 Å². The summed E-state index contributed by atoms with van der Waals surface area (Å²) in [6.07, 6.45) is 0. The Hall–Kier alpha value is -3.93. The maximum atomic E-state index is 11.6. The third kappa shape index (κ3) is 4.16. The zero-order chi connectivity index (χ0) is 21.1. The van der Waals surface area contributed by atoms with Gasteiger partial charge in [-0.25, -0.2) is 0 Å². The van der Waals surface area contributed by atoms with E-state index in [1.54, 1.807) is 48.5 Å². The Bertz CT molecular complexity index is 1250. The lowest BCUT2D eigenvalue weighted by molar-refractivity contribution is -0.254. The van der Waals surface area contributed by atoms with Crippen molar-refractivity contribution in [3.05, 3.63) is 71.6 Å². The van der Waals surface area contributed by atoms with Crippen LogP contribution in [0.2, 0.25) is 0 Å². The molecule has 0 atom stereocenters. The minimum Gasteiger partial charge on any atom is -0.545 e. The molecule has 2 aromatic carbocycles. The first-order valence-corrected chi connectivity index (χ1v) is 8.86. The molecule has 0 unspecified atom stereocenters. The number of carboxylic acid groups (broad SMARTS) is 1. The van der Waals surface area contributed by atoms with Gasteiger partial charge in [0.05, 0.1) is 11.3 Å². The molecule has 2 aliphatic rings. The van der Waals surface area contributed by atoms with Crippen LogP contribution in [0.15, 0.2) is 65.1 Å². The second-order valence-electron chi connectivity index (χ2n) is 6.68. The summed E-state index contributed by atoms with van der Waals surface area (Å²) < 4.78 is 5.91. The van der Waals surface area contributed by atoms with Crippen molar-refractivity contribution < 1.29 is 19.1 Å². The number of aromatic carboxylic acids is 1. The zero-order valence-electron chi connectivity index (χ0n) is 16.0. The number of Topliss-reactive ketones (excluding diaryl/α,β-unsaturated/α-hetero) is 1. The van der Waals surface area contributed by atoms with E-state index in [0.717, 1.165) is 16.5 Å². The van der Waals surface area contributed by atoms with Crippen molar-refractivity contribution in [2.45, 2.75) is 13.8 Å². The summed E-state index contributed by atoms with van der Waals surface area (Å²) in [7, 11) is 0. The number of fused-ring (bicyclic) bond motifs is 2. The van der Waals surface area contributed by atoms with Crippen molar-refractivity contribution in [2.24, 2.45) is 0 Å². The van der Waals surface area contributed by atoms with Crippen molar-refractivity contribution in [2.75, 3.05) is 5.73 Å². The summed E-state index contributed by atoms with van der Waals surface area (Å²) >= 11 is 0. The smallest absolute Gasteiger partial charge is 0.137 e. The number of carbonyl (C=O) groups is 2. The van der Waals surface area contributed by atoms with Gasteiger partial charge in [0.15, 0.2) is 0 Å². The van der Waals surface area contributed by atoms with E-state index in [0.29, 0.717) is 28.0 Å². The first kappa shape index (κ1) is 19.8. The number of ketones is 1. The number of nitrogens with one attached hydrogen (secondary N) is 1. The van der Waals surface area contributed by atoms with Crippen LogP contribution in [0.1, 0.15) is 24.2 Å². The maximum absolute atomic E-state index is 11.6. The van der Waals surface area contributed by atoms with Gasteiger partial charge in [-0.15, -0.1) is 0 Å². The van der Waals surface area contributed by atoms with Gasteiger partial charge in [-0.1, -0.05) is 24.3 Å². The number of nitrogen functional groups attached to an aromatic ring is 1. The molecule has 1 heterocycles. The summed E-state index contributed by atoms with van der Waals surface area (Å²) in [6, 6.07) is 16.9. The van der Waals surface area contributed by atoms with Gasteiger partial charge in [0.2, 0.25) is 0 Å². The van der Waals surface area contributed by atoms with Crippen LogP contribution in [0.3, 0.4) is 0 Å². The molecule has 2 aromatic rings. The summed E-state index contributed by atoms with van der Waals surface area (Å²) in [5, 5.41) is 20.5. The molecule has 6 heteroatoms. The predicted octanol–water partition coefficient (Wildman–Crippen LogP) is 3.23. The first-order valence-electron chi connectivity index (χ1n) is 8.86. The van der Waals surface area contributed by atoms with Crippen LogP contribution in [0.25, 0.3) is 33.4 Å². The maximum Gasteiger partial charge on any atom is 0.137 e. The van der Waals surface area contributed by atoms with E-state index < -0.39 is 5.97 Å². The van der Waals surface area contributed by atoms with Gasteiger partial charge in [0, 0.05) is 39.9 Å². The van der Waals surface area contributed by atoms with Crippen molar-refractivity contribution in [1.29, 1.82) is 5.41 Å². The van der Waals surface area contributed by atoms with Crippen LogP contribution in [-0.4, -0.2) is 11.8 Å². The third-order valence-corrected chi connectivity index (χ3v) is 4.16. The fourth-order valence-corrected chi connectivity index (χ4v) is 3.08. The fourth-order valence-electron chi connectivity index (χ4n) is 3.08. The molecule has 0 amide bonds. The molecule has 0 saturated heterocycles. The predicted molar refractivity (Wildman–Crippen MR) is 109 cm³/mol. The van der Waals surface area contributed by atoms with Crippen LogP contribution in [-0.2, 0) is 4.79 Å². The van der Waals surface area contributed by atoms with Crippen LogP contribution in [0, 0.1) is 5.41 Å². The highest BCUT2D eigenvalue weighted by atomic mass is 16.4. The summed E-state index contributed by atoms with van der Waals surface area (Å²) in [5.74, 6) is -0.584. The Morgan fingerprint density at radius 2 is 1.66 bits per heavy atom. The fraction of sp³-hybridized carbons (Fsp3) is 0.0870. The van der Waals surface area contributed by atoms with E-state index >= 15 is 0 Å². The monoisotopic (exact) mass is 387 g/mol. The summed E-state index contributed by atoms with van der Waals surface area (Å²) in [5.41, 5.74) is 9.01. The average Bonchev–Trinajstić information content (AvgIpc) is 2.65. The second kappa shape index (κ2) is 7.98. The number of anilines is 1. The highest BCUT2D eigenvalue weighted by molar-refractivity contribution is 6.07. The van der Waals surface area contributed by atoms with Gasteiger partial charge in [-0.2, -0.15) is 0 Å². The van der Waals surface area contributed by atoms with Gasteiger partial charge in [-0.05, 0) is 43.7 Å². The number of rotatable bonds is 2. The lowest BCUT2D eigenvalue weighted by Crippen LogP contribution is -2.23. The normalized spacial score (nSPS) is 10.4. The molecular weight excluding hydrogens is 368 g/mol. The second-order valence-corrected chi connectivity index (χ2v) is 6.68. The Morgan fingerprint density at radius 3 is 2.34 bits per heavy atom. The molecule has 0 radical (unpaired) electrons. The number of carboxylic acids is 1. The van der Waals surface area contributed by atoms with E-state index in [1.165, 1.54) is 19.9 Å². The Morgan fingerprint density at radius 1 is 0.966 bits per heavy atom. The van der Waals surface area contributed by atoms with Gasteiger partial charge < -0.3 is 30.3 Å². The van der Waals surface area contributed by atoms with Crippen LogP contribution in [0.5, 0.6) is 0 Å². The SMILES string of the molecule is CC(C)=O.N=c1ccc2c(-c3ccccc3C(=O)[O-])c3ccc(N)cc3oc-2c1. The molecule has 0 bridgehead atoms. The molecule has 0 aromatic heterocycles. The van der Waals surface area contributed by atoms with Crippen molar-refractivity contribution >= 4 is 28.4 Å². The number of carbonyl (C=O) groups excluding carboxylic acids is 2. The quantitative estimate of drug-likeness (QED) is 0.404. The molecule has 1 aliphatic carbocycles. The molecule has 0 saturated carbocycles. The van der Waals surface area contributed by atoms with E-state index in [1.807, 2.05) is 6.07 Å². The number of hydrogen-bond acceptors (Lipinski definition) is 6. The Balaban J connectivity index is 0.000000552. The summed E-state index contributed by atoms with van der Waals surface area (Å²) in [4.78, 5) is 21.0. The van der Waals surface area contributed by atoms with Crippen molar-refractivity contribution in [1.82, 2.24) is 0 Å². The lowest BCUT2D eigenvalue weighted by atomic mass is 9.91. The minimum atomic E-state index is -1.25. The average molecular weight is 387 g/mol. The lowest BCUT2D eigenvalue weighted by Gasteiger charge is -2.18. The summed E-state index contributed by atoms with van der Waals surface area (Å²) in [6.45, 7) is 3.06. The van der Waals surface area contributed by atoms with Crippen molar-refractivity contribution in [3.63, 3.8) is 0 Å². The highest BCUT2D eigenvalue weighted by Gasteiger charge is 2.19. The van der Waals surface area contributed by atoms with Crippen LogP contribution < -0.4 is 16.2 Å². The van der Waals surface area contributed by atoms with E-state index in [9.17, 15) is 14.7 Å². The largest absolute Gasteiger partial charge is 0.545 e. The third-order valence-electron chi connectivity index (χ3n) is 4.16. The van der Waals surface area contributed by atoms with E-state index in [-0.39, 0.29) is 11.3 Å². The molecule has 29 heavy (non-hydrogen) atoms. The molecule has 3 N–H and O–H groups in total. The highest BCUT2D eigenvalue weighted by Crippen LogP contribution is 2.41. The molecule has 4 rings (SSSR count). The molecule has 6 nitrogen and oxygen atoms in total. The van der Waals surface area contributed by atoms with Gasteiger partial charge >= 0.3 is 0 Å². The topological polar surface area (TPSA) is 120 Å². The number of benzene rings is 3. The first-order chi connectivity index (χ1) is 13.8. The van der Waals surface area contributed by atoms with Gasteiger partial charge in [-0.3, -0.25) is 0 Å². The number of hydrogen-bond donors (Lipinski definition) is 2. The molecular formula is C23H19N2O4-. The molecule has 0 spiro atoms. The number of nitrogens with two attached hydrogens (primary N) is 1. The van der Waals surface area contributed by atoms with Crippen LogP contribution in [0.4, 0.5) is 5.69 Å². The Kier molecular flexibility index (Phi) is 5.45. The standard InChI is InChI=1S/C20H14N2O3.C3H6O/c21-11-5-7-15-17(9-11)25-18-10-12(22)6-8-16(18)19(15)13-3-1-2-4-14(13)20(23)24;1-3(2)4/h1-10,21H,22H2,(H,23,24);1-2H3/p-1. The van der Waals surface area contributed by atoms with Crippen molar-refractivity contribution in [3.8, 4) is 22.5 Å².